The molecule has 2 unspecified atom stereocenters. The summed E-state index contributed by atoms with van der Waals surface area (Å²) in [4.78, 5) is 29.2. The molecule has 2 atom stereocenters. The monoisotopic (exact) mass is 577 g/mol. The van der Waals surface area contributed by atoms with Crippen molar-refractivity contribution in [2.75, 3.05) is 17.1 Å². The maximum atomic E-state index is 13.9. The molecular formula is C33H43N3O4S. The van der Waals surface area contributed by atoms with Crippen LogP contribution in [-0.4, -0.2) is 50.0 Å². The number of nitrogens with one attached hydrogen (secondary N) is 1. The van der Waals surface area contributed by atoms with Gasteiger partial charge in [0.2, 0.25) is 21.8 Å². The van der Waals surface area contributed by atoms with Crippen molar-refractivity contribution in [1.82, 2.24) is 10.2 Å². The molecule has 3 rings (SSSR count). The van der Waals surface area contributed by atoms with Crippen molar-refractivity contribution in [3.8, 4) is 0 Å². The van der Waals surface area contributed by atoms with Crippen molar-refractivity contribution in [3.63, 3.8) is 0 Å². The van der Waals surface area contributed by atoms with Gasteiger partial charge in [0.15, 0.2) is 0 Å². The molecule has 3 aromatic rings. The van der Waals surface area contributed by atoms with Crippen LogP contribution in [0.5, 0.6) is 0 Å². The molecule has 220 valence electrons. The number of hydrogen-bond donors (Lipinski definition) is 1. The van der Waals surface area contributed by atoms with Gasteiger partial charge in [0.1, 0.15) is 6.04 Å². The SMILES string of the molecule is CCC(C)NC(=O)C(Cc1ccccc1)N(Cc1ccccc1)C(=O)CCCN(c1ccc(C)c(C)c1)S(C)(=O)=O. The summed E-state index contributed by atoms with van der Waals surface area (Å²) in [6.45, 7) is 8.32. The second-order valence-electron chi connectivity index (χ2n) is 10.7. The van der Waals surface area contributed by atoms with Crippen LogP contribution >= 0.6 is 0 Å². The van der Waals surface area contributed by atoms with E-state index in [0.717, 1.165) is 28.7 Å². The maximum Gasteiger partial charge on any atom is 0.243 e. The van der Waals surface area contributed by atoms with E-state index in [2.05, 4.69) is 5.32 Å². The molecule has 0 saturated carbocycles. The Balaban J connectivity index is 1.87. The lowest BCUT2D eigenvalue weighted by Gasteiger charge is -2.32. The molecule has 1 N–H and O–H groups in total. The van der Waals surface area contributed by atoms with Crippen LogP contribution in [0.1, 0.15) is 55.4 Å². The van der Waals surface area contributed by atoms with Gasteiger partial charge in [-0.3, -0.25) is 13.9 Å². The fraction of sp³-hybridized carbons (Fsp3) is 0.394. The van der Waals surface area contributed by atoms with Gasteiger partial charge in [0.05, 0.1) is 11.9 Å². The molecule has 0 bridgehead atoms. The summed E-state index contributed by atoms with van der Waals surface area (Å²) in [7, 11) is -3.56. The van der Waals surface area contributed by atoms with Crippen molar-refractivity contribution in [2.45, 2.75) is 72.0 Å². The van der Waals surface area contributed by atoms with E-state index in [1.165, 1.54) is 10.6 Å². The van der Waals surface area contributed by atoms with Crippen LogP contribution in [0, 0.1) is 13.8 Å². The number of rotatable bonds is 14. The van der Waals surface area contributed by atoms with Crippen LogP contribution in [0.4, 0.5) is 5.69 Å². The highest BCUT2D eigenvalue weighted by Crippen LogP contribution is 2.23. The van der Waals surface area contributed by atoms with Gasteiger partial charge in [0.25, 0.3) is 0 Å². The Hall–Kier alpha value is -3.65. The Morgan fingerprint density at radius 3 is 2.05 bits per heavy atom. The highest BCUT2D eigenvalue weighted by Gasteiger charge is 2.31. The Kier molecular flexibility index (Phi) is 11.5. The number of carbonyl (C=O) groups excluding carboxylic acids is 2. The molecule has 2 amide bonds. The van der Waals surface area contributed by atoms with Gasteiger partial charge in [0, 0.05) is 32.0 Å². The van der Waals surface area contributed by atoms with Gasteiger partial charge < -0.3 is 10.2 Å². The second-order valence-corrected chi connectivity index (χ2v) is 12.6. The third kappa shape index (κ3) is 9.46. The zero-order valence-electron chi connectivity index (χ0n) is 24.8. The number of carbonyl (C=O) groups is 2. The van der Waals surface area contributed by atoms with E-state index < -0.39 is 16.1 Å². The van der Waals surface area contributed by atoms with E-state index >= 15 is 0 Å². The molecule has 0 fully saturated rings. The molecule has 0 aliphatic heterocycles. The molecule has 0 saturated heterocycles. The van der Waals surface area contributed by atoms with E-state index in [4.69, 9.17) is 0 Å². The summed E-state index contributed by atoms with van der Waals surface area (Å²) in [5.41, 5.74) is 4.54. The zero-order chi connectivity index (χ0) is 30.0. The molecule has 3 aromatic carbocycles. The number of aryl methyl sites for hydroxylation is 2. The third-order valence-corrected chi connectivity index (χ3v) is 8.59. The largest absolute Gasteiger partial charge is 0.352 e. The van der Waals surface area contributed by atoms with Crippen LogP contribution in [-0.2, 0) is 32.6 Å². The molecular weight excluding hydrogens is 534 g/mol. The highest BCUT2D eigenvalue weighted by atomic mass is 32.2. The molecule has 41 heavy (non-hydrogen) atoms. The van der Waals surface area contributed by atoms with Crippen molar-refractivity contribution in [1.29, 1.82) is 0 Å². The number of hydrogen-bond acceptors (Lipinski definition) is 4. The van der Waals surface area contributed by atoms with Crippen LogP contribution in [0.3, 0.4) is 0 Å². The summed E-state index contributed by atoms with van der Waals surface area (Å²) in [6.07, 6.45) is 2.75. The average Bonchev–Trinajstić information content (AvgIpc) is 2.94. The second kappa shape index (κ2) is 14.8. The van der Waals surface area contributed by atoms with E-state index in [1.54, 1.807) is 11.0 Å². The van der Waals surface area contributed by atoms with Gasteiger partial charge in [-0.05, 0) is 68.0 Å². The van der Waals surface area contributed by atoms with Gasteiger partial charge in [-0.1, -0.05) is 73.7 Å². The fourth-order valence-corrected chi connectivity index (χ4v) is 5.62. The third-order valence-electron chi connectivity index (χ3n) is 7.40. The summed E-state index contributed by atoms with van der Waals surface area (Å²) in [5, 5.41) is 3.08. The van der Waals surface area contributed by atoms with Gasteiger partial charge in [-0.25, -0.2) is 8.42 Å². The van der Waals surface area contributed by atoms with Crippen LogP contribution in [0.2, 0.25) is 0 Å². The number of sulfonamides is 1. The standard InChI is InChI=1S/C33H43N3O4S/c1-6-27(4)34-33(38)31(23-28-14-9-7-10-15-28)35(24-29-16-11-8-12-17-29)32(37)18-13-21-36(41(5,39)40)30-20-19-25(2)26(3)22-30/h7-12,14-17,19-20,22,27,31H,6,13,18,21,23-24H2,1-5H3,(H,34,38). The molecule has 7 nitrogen and oxygen atoms in total. The molecule has 8 heteroatoms. The van der Waals surface area contributed by atoms with Crippen molar-refractivity contribution >= 4 is 27.5 Å². The first-order valence-electron chi connectivity index (χ1n) is 14.2. The highest BCUT2D eigenvalue weighted by molar-refractivity contribution is 7.92. The minimum atomic E-state index is -3.56. The molecule has 0 aliphatic carbocycles. The van der Waals surface area contributed by atoms with Gasteiger partial charge in [-0.15, -0.1) is 0 Å². The van der Waals surface area contributed by atoms with Crippen LogP contribution in [0.25, 0.3) is 0 Å². The maximum absolute atomic E-state index is 13.9. The molecule has 0 spiro atoms. The summed E-state index contributed by atoms with van der Waals surface area (Å²) < 4.78 is 26.7. The van der Waals surface area contributed by atoms with Crippen molar-refractivity contribution in [3.05, 3.63) is 101 Å². The van der Waals surface area contributed by atoms with Crippen LogP contribution in [0.15, 0.2) is 78.9 Å². The molecule has 0 aromatic heterocycles. The van der Waals surface area contributed by atoms with Crippen molar-refractivity contribution in [2.24, 2.45) is 0 Å². The summed E-state index contributed by atoms with van der Waals surface area (Å²) >= 11 is 0. The Bertz CT molecular complexity index is 1390. The lowest BCUT2D eigenvalue weighted by Crippen LogP contribution is -2.52. The first-order valence-corrected chi connectivity index (χ1v) is 16.1. The number of benzene rings is 3. The van der Waals surface area contributed by atoms with Gasteiger partial charge in [-0.2, -0.15) is 0 Å². The quantitative estimate of drug-likeness (QED) is 0.278. The minimum Gasteiger partial charge on any atom is -0.352 e. The van der Waals surface area contributed by atoms with E-state index in [-0.39, 0.29) is 37.4 Å². The Labute approximate surface area is 245 Å². The smallest absolute Gasteiger partial charge is 0.243 e. The first kappa shape index (κ1) is 31.9. The van der Waals surface area contributed by atoms with E-state index in [1.807, 2.05) is 100 Å². The Morgan fingerprint density at radius 2 is 1.49 bits per heavy atom. The fourth-order valence-electron chi connectivity index (χ4n) is 4.66. The molecule has 0 heterocycles. The number of anilines is 1. The summed E-state index contributed by atoms with van der Waals surface area (Å²) in [6, 6.07) is 24.1. The van der Waals surface area contributed by atoms with Crippen LogP contribution < -0.4 is 9.62 Å². The Morgan fingerprint density at radius 1 is 0.878 bits per heavy atom. The molecule has 0 aliphatic rings. The van der Waals surface area contributed by atoms with Gasteiger partial charge >= 0.3 is 0 Å². The lowest BCUT2D eigenvalue weighted by molar-refractivity contribution is -0.141. The normalized spacial score (nSPS) is 12.8. The lowest BCUT2D eigenvalue weighted by atomic mass is 10.0. The predicted molar refractivity (Wildman–Crippen MR) is 166 cm³/mol. The first-order chi connectivity index (χ1) is 19.5. The number of nitrogens with zero attached hydrogens (tertiary/aromatic N) is 2. The number of amides is 2. The molecule has 0 radical (unpaired) electrons. The van der Waals surface area contributed by atoms with E-state index in [0.29, 0.717) is 18.5 Å². The zero-order valence-corrected chi connectivity index (χ0v) is 25.7. The predicted octanol–water partition coefficient (Wildman–Crippen LogP) is 5.40. The minimum absolute atomic E-state index is 0.0317. The average molecular weight is 578 g/mol. The van der Waals surface area contributed by atoms with Crippen molar-refractivity contribution < 1.29 is 18.0 Å². The topological polar surface area (TPSA) is 86.8 Å². The summed E-state index contributed by atoms with van der Waals surface area (Å²) in [5.74, 6) is -0.386. The van der Waals surface area contributed by atoms with E-state index in [9.17, 15) is 18.0 Å².